The number of H-pyrrole nitrogens is 1. The lowest BCUT2D eigenvalue weighted by Crippen LogP contribution is -1.98. The smallest absolute Gasteiger partial charge is 0.164 e. The standard InChI is InChI=1S/C20H13FN4/c21-15-5-3-13(4-6-15)19-24-18-2-1-10-23-20(18)25(19)16-7-8-17-14(12-16)9-11-22-17/h1-12,22H. The molecule has 0 bridgehead atoms. The van der Waals surface area contributed by atoms with Gasteiger partial charge in [-0.05, 0) is 60.7 Å². The second-order valence-electron chi connectivity index (χ2n) is 5.87. The Hall–Kier alpha value is -3.47. The summed E-state index contributed by atoms with van der Waals surface area (Å²) in [5, 5.41) is 1.11. The van der Waals surface area contributed by atoms with Gasteiger partial charge in [0.15, 0.2) is 5.65 Å². The molecule has 25 heavy (non-hydrogen) atoms. The number of aromatic amines is 1. The Labute approximate surface area is 142 Å². The summed E-state index contributed by atoms with van der Waals surface area (Å²) in [6, 6.07) is 18.4. The minimum atomic E-state index is -0.265. The fourth-order valence-electron chi connectivity index (χ4n) is 3.13. The van der Waals surface area contributed by atoms with Gasteiger partial charge in [0.2, 0.25) is 0 Å². The van der Waals surface area contributed by atoms with Crippen LogP contribution in [0.5, 0.6) is 0 Å². The Morgan fingerprint density at radius 1 is 0.960 bits per heavy atom. The number of hydrogen-bond acceptors (Lipinski definition) is 2. The van der Waals surface area contributed by atoms with Crippen LogP contribution in [-0.2, 0) is 0 Å². The Kier molecular flexibility index (Phi) is 2.94. The van der Waals surface area contributed by atoms with Crippen molar-refractivity contribution < 1.29 is 4.39 Å². The monoisotopic (exact) mass is 328 g/mol. The first kappa shape index (κ1) is 13.9. The number of pyridine rings is 1. The maximum atomic E-state index is 13.3. The third-order valence-electron chi connectivity index (χ3n) is 4.31. The first-order valence-electron chi connectivity index (χ1n) is 7.96. The molecule has 0 amide bonds. The molecule has 0 radical (unpaired) electrons. The average Bonchev–Trinajstić information content (AvgIpc) is 3.26. The minimum Gasteiger partial charge on any atom is -0.361 e. The maximum absolute atomic E-state index is 13.3. The summed E-state index contributed by atoms with van der Waals surface area (Å²) < 4.78 is 15.3. The van der Waals surface area contributed by atoms with Crippen molar-refractivity contribution in [3.05, 3.63) is 78.9 Å². The molecule has 4 nitrogen and oxygen atoms in total. The SMILES string of the molecule is Fc1ccc(-c2nc3cccnc3n2-c2ccc3[nH]ccc3c2)cc1. The average molecular weight is 328 g/mol. The van der Waals surface area contributed by atoms with Crippen molar-refractivity contribution in [1.29, 1.82) is 0 Å². The summed E-state index contributed by atoms with van der Waals surface area (Å²) in [5.41, 5.74) is 4.46. The summed E-state index contributed by atoms with van der Waals surface area (Å²) in [6.07, 6.45) is 3.67. The van der Waals surface area contributed by atoms with Crippen LogP contribution in [0.2, 0.25) is 0 Å². The molecule has 0 aliphatic rings. The molecule has 3 aromatic heterocycles. The van der Waals surface area contributed by atoms with Crippen molar-refractivity contribution in [2.45, 2.75) is 0 Å². The van der Waals surface area contributed by atoms with Crippen LogP contribution in [0.3, 0.4) is 0 Å². The fraction of sp³-hybridized carbons (Fsp3) is 0. The second kappa shape index (κ2) is 5.27. The molecule has 0 fully saturated rings. The van der Waals surface area contributed by atoms with Crippen molar-refractivity contribution in [2.75, 3.05) is 0 Å². The molecule has 0 aliphatic heterocycles. The minimum absolute atomic E-state index is 0.265. The highest BCUT2D eigenvalue weighted by Crippen LogP contribution is 2.29. The molecule has 0 atom stereocenters. The maximum Gasteiger partial charge on any atom is 0.164 e. The largest absolute Gasteiger partial charge is 0.361 e. The third kappa shape index (κ3) is 2.21. The highest BCUT2D eigenvalue weighted by Gasteiger charge is 2.15. The quantitative estimate of drug-likeness (QED) is 0.510. The predicted molar refractivity (Wildman–Crippen MR) is 96.1 cm³/mol. The van der Waals surface area contributed by atoms with Crippen LogP contribution >= 0.6 is 0 Å². The third-order valence-corrected chi connectivity index (χ3v) is 4.31. The van der Waals surface area contributed by atoms with Gasteiger partial charge >= 0.3 is 0 Å². The Bertz CT molecular complexity index is 1200. The Balaban J connectivity index is 1.83. The number of nitrogens with one attached hydrogen (secondary N) is 1. The second-order valence-corrected chi connectivity index (χ2v) is 5.87. The van der Waals surface area contributed by atoms with Gasteiger partial charge in [-0.2, -0.15) is 0 Å². The van der Waals surface area contributed by atoms with Gasteiger partial charge in [-0.3, -0.25) is 4.57 Å². The molecule has 1 N–H and O–H groups in total. The number of halogens is 1. The molecular weight excluding hydrogens is 315 g/mol. The molecule has 5 rings (SSSR count). The first-order valence-corrected chi connectivity index (χ1v) is 7.96. The van der Waals surface area contributed by atoms with E-state index in [2.05, 4.69) is 16.0 Å². The topological polar surface area (TPSA) is 46.5 Å². The van der Waals surface area contributed by atoms with Crippen LogP contribution in [-0.4, -0.2) is 19.5 Å². The van der Waals surface area contributed by atoms with E-state index in [4.69, 9.17) is 4.98 Å². The zero-order valence-electron chi connectivity index (χ0n) is 13.1. The number of fused-ring (bicyclic) bond motifs is 2. The number of imidazole rings is 1. The van der Waals surface area contributed by atoms with E-state index >= 15 is 0 Å². The van der Waals surface area contributed by atoms with E-state index < -0.39 is 0 Å². The van der Waals surface area contributed by atoms with Gasteiger partial charge in [0, 0.05) is 34.5 Å². The highest BCUT2D eigenvalue weighted by molar-refractivity contribution is 5.85. The van der Waals surface area contributed by atoms with E-state index in [9.17, 15) is 4.39 Å². The first-order chi connectivity index (χ1) is 12.3. The number of rotatable bonds is 2. The number of hydrogen-bond donors (Lipinski definition) is 1. The molecule has 5 heteroatoms. The fourth-order valence-corrected chi connectivity index (χ4v) is 3.13. The predicted octanol–water partition coefficient (Wildman–Crippen LogP) is 4.71. The van der Waals surface area contributed by atoms with Crippen LogP contribution in [0.25, 0.3) is 39.1 Å². The van der Waals surface area contributed by atoms with E-state index in [1.54, 1.807) is 18.3 Å². The van der Waals surface area contributed by atoms with E-state index in [-0.39, 0.29) is 5.82 Å². The van der Waals surface area contributed by atoms with Gasteiger partial charge in [0.05, 0.1) is 0 Å². The van der Waals surface area contributed by atoms with E-state index in [0.29, 0.717) is 0 Å². The lowest BCUT2D eigenvalue weighted by molar-refractivity contribution is 0.628. The number of aromatic nitrogens is 4. The normalized spacial score (nSPS) is 11.4. The van der Waals surface area contributed by atoms with Gasteiger partial charge in [0.25, 0.3) is 0 Å². The number of nitrogens with zero attached hydrogens (tertiary/aromatic N) is 3. The molecule has 5 aromatic rings. The molecular formula is C20H13FN4. The van der Waals surface area contributed by atoms with Crippen LogP contribution in [0.15, 0.2) is 73.1 Å². The molecule has 0 saturated heterocycles. The summed E-state index contributed by atoms with van der Waals surface area (Å²) in [4.78, 5) is 12.4. The van der Waals surface area contributed by atoms with Crippen molar-refractivity contribution in [1.82, 2.24) is 19.5 Å². The van der Waals surface area contributed by atoms with Gasteiger partial charge in [-0.15, -0.1) is 0 Å². The molecule has 3 heterocycles. The van der Waals surface area contributed by atoms with Crippen molar-refractivity contribution >= 4 is 22.1 Å². The Morgan fingerprint density at radius 3 is 2.72 bits per heavy atom. The van der Waals surface area contributed by atoms with Gasteiger partial charge in [0.1, 0.15) is 17.2 Å². The van der Waals surface area contributed by atoms with Crippen LogP contribution in [0.4, 0.5) is 4.39 Å². The van der Waals surface area contributed by atoms with Gasteiger partial charge in [-0.25, -0.2) is 14.4 Å². The lowest BCUT2D eigenvalue weighted by Gasteiger charge is -2.09. The molecule has 0 spiro atoms. The summed E-state index contributed by atoms with van der Waals surface area (Å²) in [7, 11) is 0. The van der Waals surface area contributed by atoms with Crippen molar-refractivity contribution in [2.24, 2.45) is 0 Å². The molecule has 0 unspecified atom stereocenters. The van der Waals surface area contributed by atoms with Crippen LogP contribution < -0.4 is 0 Å². The molecule has 120 valence electrons. The van der Waals surface area contributed by atoms with E-state index in [1.165, 1.54) is 12.1 Å². The summed E-state index contributed by atoms with van der Waals surface area (Å²) >= 11 is 0. The molecule has 0 saturated carbocycles. The lowest BCUT2D eigenvalue weighted by atomic mass is 10.2. The van der Waals surface area contributed by atoms with Gasteiger partial charge < -0.3 is 4.98 Å². The van der Waals surface area contributed by atoms with E-state index in [1.807, 2.05) is 41.1 Å². The summed E-state index contributed by atoms with van der Waals surface area (Å²) in [5.74, 6) is 0.474. The molecule has 2 aromatic carbocycles. The van der Waals surface area contributed by atoms with Crippen LogP contribution in [0.1, 0.15) is 0 Å². The van der Waals surface area contributed by atoms with E-state index in [0.717, 1.165) is 39.1 Å². The Morgan fingerprint density at radius 2 is 1.84 bits per heavy atom. The van der Waals surface area contributed by atoms with Crippen molar-refractivity contribution in [3.63, 3.8) is 0 Å². The zero-order valence-corrected chi connectivity index (χ0v) is 13.1. The summed E-state index contributed by atoms with van der Waals surface area (Å²) in [6.45, 7) is 0. The number of benzene rings is 2. The van der Waals surface area contributed by atoms with Crippen LogP contribution in [0, 0.1) is 5.82 Å². The molecule has 0 aliphatic carbocycles. The van der Waals surface area contributed by atoms with Gasteiger partial charge in [-0.1, -0.05) is 0 Å². The van der Waals surface area contributed by atoms with Crippen molar-refractivity contribution in [3.8, 4) is 17.1 Å². The highest BCUT2D eigenvalue weighted by atomic mass is 19.1. The zero-order chi connectivity index (χ0) is 16.8.